The molecule has 0 saturated heterocycles. The molecule has 0 aliphatic heterocycles. The average molecular weight is 382 g/mol. The van der Waals surface area contributed by atoms with E-state index in [9.17, 15) is 0 Å². The maximum atomic E-state index is 5.87. The Balaban J connectivity index is 2.04. The Kier molecular flexibility index (Phi) is 6.69. The summed E-state index contributed by atoms with van der Waals surface area (Å²) in [6.07, 6.45) is 1.21. The van der Waals surface area contributed by atoms with Crippen LogP contribution in [0.3, 0.4) is 0 Å². The molecule has 7 nitrogen and oxygen atoms in total. The number of hydrogen-bond acceptors (Lipinski definition) is 5. The zero-order valence-electron chi connectivity index (χ0n) is 13.1. The van der Waals surface area contributed by atoms with Crippen molar-refractivity contribution in [3.63, 3.8) is 0 Å². The minimum Gasteiger partial charge on any atom is -0.370 e. The van der Waals surface area contributed by atoms with Crippen LogP contribution in [0.5, 0.6) is 0 Å². The third-order valence-electron chi connectivity index (χ3n) is 2.89. The van der Waals surface area contributed by atoms with Crippen LogP contribution in [-0.2, 0) is 9.47 Å². The summed E-state index contributed by atoms with van der Waals surface area (Å²) in [7, 11) is 0. The minimum atomic E-state index is -0.399. The molecule has 0 atom stereocenters. The van der Waals surface area contributed by atoms with Gasteiger partial charge in [-0.15, -0.1) is 0 Å². The maximum Gasteiger partial charge on any atom is 0.194 e. The predicted octanol–water partition coefficient (Wildman–Crippen LogP) is 2.52. The molecule has 23 heavy (non-hydrogen) atoms. The van der Waals surface area contributed by atoms with Gasteiger partial charge in [0.05, 0.1) is 18.3 Å². The summed E-state index contributed by atoms with van der Waals surface area (Å²) in [4.78, 5) is 13.0. The second-order valence-electron chi connectivity index (χ2n) is 4.55. The van der Waals surface area contributed by atoms with Gasteiger partial charge in [-0.25, -0.2) is 15.0 Å². The molecule has 0 aliphatic carbocycles. The zero-order valence-corrected chi connectivity index (χ0v) is 14.7. The Morgan fingerprint density at radius 1 is 1.35 bits per heavy atom. The van der Waals surface area contributed by atoms with Gasteiger partial charge in [0, 0.05) is 17.7 Å². The Labute approximate surface area is 143 Å². The Morgan fingerprint density at radius 3 is 2.78 bits per heavy atom. The van der Waals surface area contributed by atoms with E-state index < -0.39 is 6.29 Å². The highest BCUT2D eigenvalue weighted by Crippen LogP contribution is 2.21. The number of ether oxygens (including phenoxy) is 2. The first kappa shape index (κ1) is 17.6. The highest BCUT2D eigenvalue weighted by molar-refractivity contribution is 9.10. The van der Waals surface area contributed by atoms with Crippen molar-refractivity contribution in [3.8, 4) is 0 Å². The lowest BCUT2D eigenvalue weighted by molar-refractivity contribution is -0.128. The lowest BCUT2D eigenvalue weighted by atomic mass is 10.3. The first-order valence-corrected chi connectivity index (χ1v) is 8.14. The van der Waals surface area contributed by atoms with Gasteiger partial charge in [0.25, 0.3) is 0 Å². The number of nitrogens with two attached hydrogens (primary N) is 1. The van der Waals surface area contributed by atoms with E-state index in [1.54, 1.807) is 6.20 Å². The van der Waals surface area contributed by atoms with Crippen molar-refractivity contribution in [2.45, 2.75) is 20.1 Å². The number of fused-ring (bicyclic) bond motifs is 1. The minimum absolute atomic E-state index is 0.234. The number of nitrogens with one attached hydrogen (secondary N) is 1. The average Bonchev–Trinajstić information content (AvgIpc) is 2.53. The number of aromatic nitrogens is 2. The highest BCUT2D eigenvalue weighted by atomic mass is 79.9. The summed E-state index contributed by atoms with van der Waals surface area (Å²) in [5.74, 6) is 0.763. The van der Waals surface area contributed by atoms with E-state index in [1.165, 1.54) is 0 Å². The van der Waals surface area contributed by atoms with Crippen molar-refractivity contribution in [2.75, 3.05) is 25.1 Å². The molecule has 2 rings (SSSR count). The van der Waals surface area contributed by atoms with E-state index in [2.05, 4.69) is 36.2 Å². The molecule has 0 bridgehead atoms. The van der Waals surface area contributed by atoms with Crippen LogP contribution < -0.4 is 11.1 Å². The van der Waals surface area contributed by atoms with E-state index in [0.29, 0.717) is 25.6 Å². The van der Waals surface area contributed by atoms with E-state index in [-0.39, 0.29) is 5.96 Å². The number of nitrogens with zero attached hydrogens (tertiary/aromatic N) is 3. The molecule has 1 aromatic carbocycles. The van der Waals surface area contributed by atoms with Gasteiger partial charge < -0.3 is 20.5 Å². The molecule has 3 N–H and O–H groups in total. The smallest absolute Gasteiger partial charge is 0.194 e. The lowest BCUT2D eigenvalue weighted by Gasteiger charge is -2.14. The maximum absolute atomic E-state index is 5.87. The molecular weight excluding hydrogens is 362 g/mol. The molecule has 0 spiro atoms. The third-order valence-corrected chi connectivity index (χ3v) is 3.53. The van der Waals surface area contributed by atoms with E-state index in [1.807, 2.05) is 32.0 Å². The van der Waals surface area contributed by atoms with E-state index in [0.717, 1.165) is 15.5 Å². The summed E-state index contributed by atoms with van der Waals surface area (Å²) in [6.45, 7) is 5.23. The van der Waals surface area contributed by atoms with Gasteiger partial charge >= 0.3 is 0 Å². The lowest BCUT2D eigenvalue weighted by Crippen LogP contribution is -2.27. The summed E-state index contributed by atoms with van der Waals surface area (Å²) in [5.41, 5.74) is 7.43. The normalized spacial score (nSPS) is 12.1. The van der Waals surface area contributed by atoms with E-state index >= 15 is 0 Å². The SMILES string of the molecule is CCOC(CN=C(N)Nc1cnc2c(Br)cccc2n1)OCC. The fourth-order valence-electron chi connectivity index (χ4n) is 1.94. The van der Waals surface area contributed by atoms with Crippen molar-refractivity contribution < 1.29 is 9.47 Å². The molecule has 0 aliphatic rings. The summed E-state index contributed by atoms with van der Waals surface area (Å²) < 4.78 is 11.7. The summed E-state index contributed by atoms with van der Waals surface area (Å²) in [5, 5.41) is 2.92. The van der Waals surface area contributed by atoms with Crippen LogP contribution in [0.15, 0.2) is 33.9 Å². The van der Waals surface area contributed by atoms with Crippen LogP contribution in [0.25, 0.3) is 11.0 Å². The molecule has 1 heterocycles. The monoisotopic (exact) mass is 381 g/mol. The molecule has 2 aromatic rings. The number of guanidine groups is 1. The molecule has 0 amide bonds. The Bertz CT molecular complexity index is 674. The molecule has 0 unspecified atom stereocenters. The van der Waals surface area contributed by atoms with Crippen LogP contribution in [-0.4, -0.2) is 42.0 Å². The zero-order chi connectivity index (χ0) is 16.7. The largest absolute Gasteiger partial charge is 0.370 e. The number of halogens is 1. The van der Waals surface area contributed by atoms with Gasteiger partial charge in [0.1, 0.15) is 5.52 Å². The van der Waals surface area contributed by atoms with Crippen LogP contribution in [0.2, 0.25) is 0 Å². The molecule has 0 radical (unpaired) electrons. The number of hydrogen-bond donors (Lipinski definition) is 2. The quantitative estimate of drug-likeness (QED) is 0.434. The molecular formula is C15H20BrN5O2. The van der Waals surface area contributed by atoms with Crippen LogP contribution in [0, 0.1) is 0 Å². The van der Waals surface area contributed by atoms with Gasteiger partial charge in [0.2, 0.25) is 0 Å². The molecule has 0 saturated carbocycles. The first-order chi connectivity index (χ1) is 11.1. The molecule has 0 fully saturated rings. The Morgan fingerprint density at radius 2 is 2.09 bits per heavy atom. The van der Waals surface area contributed by atoms with Crippen molar-refractivity contribution in [2.24, 2.45) is 10.7 Å². The number of aliphatic imine (C=N–C) groups is 1. The van der Waals surface area contributed by atoms with Gasteiger partial charge in [-0.05, 0) is 41.9 Å². The predicted molar refractivity (Wildman–Crippen MR) is 94.4 cm³/mol. The fourth-order valence-corrected chi connectivity index (χ4v) is 2.39. The van der Waals surface area contributed by atoms with Crippen LogP contribution in [0.1, 0.15) is 13.8 Å². The summed E-state index contributed by atoms with van der Waals surface area (Å²) >= 11 is 3.44. The van der Waals surface area contributed by atoms with Gasteiger partial charge in [-0.1, -0.05) is 6.07 Å². The van der Waals surface area contributed by atoms with Gasteiger partial charge in [0.15, 0.2) is 18.1 Å². The number of benzene rings is 1. The molecule has 124 valence electrons. The third kappa shape index (κ3) is 5.12. The van der Waals surface area contributed by atoms with Crippen molar-refractivity contribution in [3.05, 3.63) is 28.9 Å². The standard InChI is InChI=1S/C15H20BrN5O2/c1-3-22-13(23-4-2)9-19-15(17)21-12-8-18-14-10(16)6-5-7-11(14)20-12/h5-8,13H,3-4,9H2,1-2H3,(H3,17,19,20,21). The van der Waals surface area contributed by atoms with Gasteiger partial charge in [-0.3, -0.25) is 0 Å². The first-order valence-electron chi connectivity index (χ1n) is 7.35. The molecule has 8 heteroatoms. The van der Waals surface area contributed by atoms with Crippen molar-refractivity contribution in [1.82, 2.24) is 9.97 Å². The highest BCUT2D eigenvalue weighted by Gasteiger charge is 2.08. The summed E-state index contributed by atoms with van der Waals surface area (Å²) in [6, 6.07) is 5.70. The number of para-hydroxylation sites is 1. The van der Waals surface area contributed by atoms with Crippen molar-refractivity contribution >= 4 is 38.7 Å². The fraction of sp³-hybridized carbons (Fsp3) is 0.400. The Hall–Kier alpha value is -1.77. The van der Waals surface area contributed by atoms with Gasteiger partial charge in [-0.2, -0.15) is 0 Å². The van der Waals surface area contributed by atoms with Crippen LogP contribution >= 0.6 is 15.9 Å². The topological polar surface area (TPSA) is 94.7 Å². The molecule has 1 aromatic heterocycles. The number of anilines is 1. The van der Waals surface area contributed by atoms with E-state index in [4.69, 9.17) is 15.2 Å². The second-order valence-corrected chi connectivity index (χ2v) is 5.41. The number of rotatable bonds is 7. The van der Waals surface area contributed by atoms with Crippen LogP contribution in [0.4, 0.5) is 5.82 Å². The second kappa shape index (κ2) is 8.76. The van der Waals surface area contributed by atoms with Crippen molar-refractivity contribution in [1.29, 1.82) is 0 Å².